The number of rotatable bonds is 7. The number of ether oxygens (including phenoxy) is 1. The van der Waals surface area contributed by atoms with Gasteiger partial charge in [-0.3, -0.25) is 14.5 Å². The average molecular weight is 483 g/mol. The third kappa shape index (κ3) is 5.29. The van der Waals surface area contributed by atoms with Crippen LogP contribution in [0.25, 0.3) is 11.4 Å². The predicted octanol–water partition coefficient (Wildman–Crippen LogP) is 4.05. The number of hydrogen-bond acceptors (Lipinski definition) is 7. The van der Waals surface area contributed by atoms with Crippen LogP contribution in [-0.2, 0) is 11.2 Å². The number of benzene rings is 2. The summed E-state index contributed by atoms with van der Waals surface area (Å²) in [5.74, 6) is 1.64. The zero-order valence-electron chi connectivity index (χ0n) is 19.5. The number of carbonyl (C=O) groups is 2. The van der Waals surface area contributed by atoms with Crippen LogP contribution in [0.2, 0.25) is 5.02 Å². The Morgan fingerprint density at radius 3 is 2.47 bits per heavy atom. The molecule has 1 amide bonds. The summed E-state index contributed by atoms with van der Waals surface area (Å²) < 4.78 is 10.9. The van der Waals surface area contributed by atoms with E-state index in [1.54, 1.807) is 37.4 Å². The maximum atomic E-state index is 13.0. The lowest BCUT2D eigenvalue weighted by Crippen LogP contribution is -2.49. The SMILES string of the molecule is COc1ccc(C(C)=O)cc1CC(=O)N1CCN(C(C)c2nc(-c3ccc(Cl)cc3)no2)CC1. The van der Waals surface area contributed by atoms with Gasteiger partial charge in [0.25, 0.3) is 0 Å². The third-order valence-electron chi connectivity index (χ3n) is 6.14. The van der Waals surface area contributed by atoms with Crippen molar-refractivity contribution in [2.75, 3.05) is 33.3 Å². The van der Waals surface area contributed by atoms with Gasteiger partial charge in [0.05, 0.1) is 19.6 Å². The van der Waals surface area contributed by atoms with Gasteiger partial charge < -0.3 is 14.2 Å². The van der Waals surface area contributed by atoms with Gasteiger partial charge in [0.2, 0.25) is 17.6 Å². The van der Waals surface area contributed by atoms with Crippen LogP contribution in [0.3, 0.4) is 0 Å². The van der Waals surface area contributed by atoms with E-state index in [-0.39, 0.29) is 24.2 Å². The highest BCUT2D eigenvalue weighted by Gasteiger charge is 2.28. The van der Waals surface area contributed by atoms with E-state index < -0.39 is 0 Å². The molecule has 0 bridgehead atoms. The number of ketones is 1. The molecule has 2 aromatic carbocycles. The Morgan fingerprint density at radius 1 is 1.12 bits per heavy atom. The Balaban J connectivity index is 1.36. The van der Waals surface area contributed by atoms with Crippen LogP contribution in [-0.4, -0.2) is 64.9 Å². The van der Waals surface area contributed by atoms with Crippen LogP contribution in [0.4, 0.5) is 0 Å². The van der Waals surface area contributed by atoms with E-state index >= 15 is 0 Å². The number of piperazine rings is 1. The van der Waals surface area contributed by atoms with Crippen molar-refractivity contribution in [1.29, 1.82) is 0 Å². The molecule has 1 saturated heterocycles. The molecule has 4 rings (SSSR count). The second-order valence-corrected chi connectivity index (χ2v) is 8.75. The van der Waals surface area contributed by atoms with Gasteiger partial charge in [-0.15, -0.1) is 0 Å². The first kappa shape index (κ1) is 23.9. The van der Waals surface area contributed by atoms with Crippen molar-refractivity contribution in [3.05, 3.63) is 64.5 Å². The molecule has 0 saturated carbocycles. The topological polar surface area (TPSA) is 88.8 Å². The van der Waals surface area contributed by atoms with Crippen LogP contribution < -0.4 is 4.74 Å². The molecule has 1 aromatic heterocycles. The molecule has 1 fully saturated rings. The molecule has 0 N–H and O–H groups in total. The lowest BCUT2D eigenvalue weighted by molar-refractivity contribution is -0.132. The van der Waals surface area contributed by atoms with Crippen molar-refractivity contribution in [3.8, 4) is 17.1 Å². The first-order valence-electron chi connectivity index (χ1n) is 11.1. The number of amides is 1. The molecular formula is C25H27ClN4O4. The number of hydrogen-bond donors (Lipinski definition) is 0. The molecule has 1 atom stereocenters. The molecule has 178 valence electrons. The summed E-state index contributed by atoms with van der Waals surface area (Å²) in [6, 6.07) is 12.4. The van der Waals surface area contributed by atoms with E-state index in [1.165, 1.54) is 6.92 Å². The fourth-order valence-electron chi connectivity index (χ4n) is 4.05. The van der Waals surface area contributed by atoms with Crippen molar-refractivity contribution < 1.29 is 18.8 Å². The highest BCUT2D eigenvalue weighted by Crippen LogP contribution is 2.25. The summed E-state index contributed by atoms with van der Waals surface area (Å²) in [7, 11) is 1.56. The highest BCUT2D eigenvalue weighted by molar-refractivity contribution is 6.30. The monoisotopic (exact) mass is 482 g/mol. The number of nitrogens with zero attached hydrogens (tertiary/aromatic N) is 4. The first-order chi connectivity index (χ1) is 16.4. The fraction of sp³-hybridized carbons (Fsp3) is 0.360. The van der Waals surface area contributed by atoms with Gasteiger partial charge in [0, 0.05) is 47.9 Å². The van der Waals surface area contributed by atoms with E-state index in [0.29, 0.717) is 54.2 Å². The van der Waals surface area contributed by atoms with E-state index in [2.05, 4.69) is 15.0 Å². The summed E-state index contributed by atoms with van der Waals surface area (Å²) in [6.07, 6.45) is 0.188. The van der Waals surface area contributed by atoms with E-state index in [0.717, 1.165) is 11.1 Å². The highest BCUT2D eigenvalue weighted by atomic mass is 35.5. The van der Waals surface area contributed by atoms with Gasteiger partial charge >= 0.3 is 0 Å². The molecular weight excluding hydrogens is 456 g/mol. The van der Waals surface area contributed by atoms with Crippen molar-refractivity contribution in [3.63, 3.8) is 0 Å². The molecule has 1 aliphatic rings. The quantitative estimate of drug-likeness (QED) is 0.469. The zero-order valence-corrected chi connectivity index (χ0v) is 20.2. The molecule has 8 nitrogen and oxygen atoms in total. The average Bonchev–Trinajstić information content (AvgIpc) is 3.34. The fourth-order valence-corrected chi connectivity index (χ4v) is 4.17. The Hall–Kier alpha value is -3.23. The minimum atomic E-state index is -0.0712. The second kappa shape index (κ2) is 10.4. The maximum Gasteiger partial charge on any atom is 0.244 e. The summed E-state index contributed by atoms with van der Waals surface area (Å²) in [5.41, 5.74) is 2.13. The minimum Gasteiger partial charge on any atom is -0.496 e. The van der Waals surface area contributed by atoms with Crippen LogP contribution in [0.1, 0.15) is 41.7 Å². The first-order valence-corrected chi connectivity index (χ1v) is 11.5. The van der Waals surface area contributed by atoms with Crippen LogP contribution in [0.15, 0.2) is 47.0 Å². The minimum absolute atomic E-state index is 0.00844. The molecule has 0 radical (unpaired) electrons. The Labute approximate surface area is 203 Å². The number of halogens is 1. The van der Waals surface area contributed by atoms with Gasteiger partial charge in [0.15, 0.2) is 5.78 Å². The van der Waals surface area contributed by atoms with Crippen LogP contribution in [0.5, 0.6) is 5.75 Å². The zero-order chi connectivity index (χ0) is 24.2. The lowest BCUT2D eigenvalue weighted by Gasteiger charge is -2.37. The molecule has 1 unspecified atom stereocenters. The molecule has 34 heavy (non-hydrogen) atoms. The normalized spacial score (nSPS) is 15.2. The van der Waals surface area contributed by atoms with Crippen LogP contribution in [0, 0.1) is 0 Å². The molecule has 9 heteroatoms. The standard InChI is InChI=1S/C25H27ClN4O4/c1-16(25-27-24(28-34-25)18-4-7-21(26)8-5-18)29-10-12-30(13-11-29)23(32)15-20-14-19(17(2)31)6-9-22(20)33-3/h4-9,14,16H,10-13,15H2,1-3H3. The molecule has 0 spiro atoms. The van der Waals surface area contributed by atoms with Gasteiger partial charge in [-0.1, -0.05) is 16.8 Å². The van der Waals surface area contributed by atoms with E-state index in [4.69, 9.17) is 20.9 Å². The largest absolute Gasteiger partial charge is 0.496 e. The van der Waals surface area contributed by atoms with Gasteiger partial charge in [-0.25, -0.2) is 0 Å². The summed E-state index contributed by atoms with van der Waals surface area (Å²) in [5, 5.41) is 4.75. The summed E-state index contributed by atoms with van der Waals surface area (Å²) >= 11 is 5.95. The lowest BCUT2D eigenvalue weighted by atomic mass is 10.0. The number of Topliss-reactive ketones (excluding diaryl/α,β-unsaturated/α-hetero) is 1. The number of aromatic nitrogens is 2. The number of methoxy groups -OCH3 is 1. The van der Waals surface area contributed by atoms with Crippen molar-refractivity contribution >= 4 is 23.3 Å². The van der Waals surface area contributed by atoms with Crippen molar-refractivity contribution in [1.82, 2.24) is 19.9 Å². The van der Waals surface area contributed by atoms with Crippen LogP contribution >= 0.6 is 11.6 Å². The summed E-state index contributed by atoms with van der Waals surface area (Å²) in [6.45, 7) is 6.10. The number of carbonyl (C=O) groups excluding carboxylic acids is 2. The molecule has 2 heterocycles. The molecule has 3 aromatic rings. The van der Waals surface area contributed by atoms with E-state index in [1.807, 2.05) is 24.0 Å². The molecule has 1 aliphatic heterocycles. The van der Waals surface area contributed by atoms with Gasteiger partial charge in [0.1, 0.15) is 5.75 Å². The van der Waals surface area contributed by atoms with Gasteiger partial charge in [-0.05, 0) is 56.3 Å². The second-order valence-electron chi connectivity index (χ2n) is 8.32. The third-order valence-corrected chi connectivity index (χ3v) is 6.40. The summed E-state index contributed by atoms with van der Waals surface area (Å²) in [4.78, 5) is 33.3. The van der Waals surface area contributed by atoms with E-state index in [9.17, 15) is 9.59 Å². The Bertz CT molecular complexity index is 1170. The predicted molar refractivity (Wildman–Crippen MR) is 128 cm³/mol. The Kier molecular flexibility index (Phi) is 7.29. The van der Waals surface area contributed by atoms with Crippen molar-refractivity contribution in [2.24, 2.45) is 0 Å². The van der Waals surface area contributed by atoms with Gasteiger partial charge in [-0.2, -0.15) is 4.98 Å². The molecule has 0 aliphatic carbocycles. The smallest absolute Gasteiger partial charge is 0.244 e. The Morgan fingerprint density at radius 2 is 1.82 bits per heavy atom. The maximum absolute atomic E-state index is 13.0. The van der Waals surface area contributed by atoms with Crippen molar-refractivity contribution in [2.45, 2.75) is 26.3 Å².